The fourth-order valence-electron chi connectivity index (χ4n) is 4.67. The molecule has 1 aromatic carbocycles. The van der Waals surface area contributed by atoms with Crippen molar-refractivity contribution in [2.24, 2.45) is 5.73 Å². The lowest BCUT2D eigenvalue weighted by Gasteiger charge is -2.42. The van der Waals surface area contributed by atoms with Crippen molar-refractivity contribution < 1.29 is 9.59 Å². The number of nitrogens with zero attached hydrogens (tertiary/aromatic N) is 1. The van der Waals surface area contributed by atoms with Gasteiger partial charge in [0.25, 0.3) is 0 Å². The third-order valence-corrected chi connectivity index (χ3v) is 5.98. The minimum Gasteiger partial charge on any atom is -0.369 e. The van der Waals surface area contributed by atoms with Crippen molar-refractivity contribution in [2.45, 2.75) is 89.1 Å². The van der Waals surface area contributed by atoms with Gasteiger partial charge in [0, 0.05) is 12.1 Å². The van der Waals surface area contributed by atoms with E-state index in [2.05, 4.69) is 4.90 Å². The van der Waals surface area contributed by atoms with Crippen LogP contribution < -0.4 is 5.73 Å². The van der Waals surface area contributed by atoms with Crippen molar-refractivity contribution in [3.63, 3.8) is 0 Å². The van der Waals surface area contributed by atoms with Gasteiger partial charge >= 0.3 is 0 Å². The average Bonchev–Trinajstić information content (AvgIpc) is 2.65. The van der Waals surface area contributed by atoms with Crippen LogP contribution >= 0.6 is 0 Å². The summed E-state index contributed by atoms with van der Waals surface area (Å²) in [6.45, 7) is 0. The Morgan fingerprint density at radius 2 is 1.19 bits per heavy atom. The highest BCUT2D eigenvalue weighted by Gasteiger charge is 2.32. The van der Waals surface area contributed by atoms with Gasteiger partial charge in [-0.25, -0.2) is 0 Å². The van der Waals surface area contributed by atoms with Crippen molar-refractivity contribution in [1.29, 1.82) is 0 Å². The zero-order valence-corrected chi connectivity index (χ0v) is 15.8. The first-order valence-corrected chi connectivity index (χ1v) is 10.3. The molecular weight excluding hydrogens is 324 g/mol. The van der Waals surface area contributed by atoms with Gasteiger partial charge < -0.3 is 10.6 Å². The van der Waals surface area contributed by atoms with Crippen LogP contribution in [0.4, 0.5) is 0 Å². The zero-order chi connectivity index (χ0) is 18.4. The molecule has 0 unspecified atom stereocenters. The standard InChI is InChI=1S/C22H32N2O2/c23-21(25)15-17-11-13-18(14-12-17)16-22(26)24(19-7-3-1-4-8-19)20-9-5-2-6-10-20/h11-14,19-20H,1-10,15-16H2,(H2,23,25). The van der Waals surface area contributed by atoms with Crippen molar-refractivity contribution in [3.05, 3.63) is 35.4 Å². The van der Waals surface area contributed by atoms with Gasteiger partial charge in [-0.2, -0.15) is 0 Å². The molecule has 3 rings (SSSR count). The number of hydrogen-bond acceptors (Lipinski definition) is 2. The molecule has 2 saturated carbocycles. The third-order valence-electron chi connectivity index (χ3n) is 5.98. The van der Waals surface area contributed by atoms with Gasteiger partial charge in [-0.3, -0.25) is 9.59 Å². The minimum atomic E-state index is -0.324. The maximum atomic E-state index is 13.2. The van der Waals surface area contributed by atoms with Gasteiger partial charge in [0.2, 0.25) is 11.8 Å². The minimum absolute atomic E-state index is 0.254. The van der Waals surface area contributed by atoms with Gasteiger partial charge in [0.1, 0.15) is 0 Å². The Bertz CT molecular complexity index is 581. The second-order valence-corrected chi connectivity index (χ2v) is 8.02. The predicted octanol–water partition coefficient (Wildman–Crippen LogP) is 3.75. The number of carbonyl (C=O) groups excluding carboxylic acids is 2. The lowest BCUT2D eigenvalue weighted by Crippen LogP contribution is -2.49. The van der Waals surface area contributed by atoms with Crippen LogP contribution in [0.25, 0.3) is 0 Å². The molecule has 0 aliphatic heterocycles. The van der Waals surface area contributed by atoms with Gasteiger partial charge in [-0.15, -0.1) is 0 Å². The van der Waals surface area contributed by atoms with Crippen LogP contribution in [-0.2, 0) is 22.4 Å². The summed E-state index contributed by atoms with van der Waals surface area (Å²) < 4.78 is 0. The van der Waals surface area contributed by atoms with Crippen LogP contribution in [0.5, 0.6) is 0 Å². The first-order valence-electron chi connectivity index (χ1n) is 10.3. The maximum absolute atomic E-state index is 13.2. The Labute approximate surface area is 157 Å². The van der Waals surface area contributed by atoms with Crippen molar-refractivity contribution in [3.8, 4) is 0 Å². The second-order valence-electron chi connectivity index (χ2n) is 8.02. The molecule has 0 radical (unpaired) electrons. The summed E-state index contributed by atoms with van der Waals surface area (Å²) in [7, 11) is 0. The van der Waals surface area contributed by atoms with Crippen LogP contribution in [0.1, 0.15) is 75.3 Å². The molecular formula is C22H32N2O2. The molecule has 4 heteroatoms. The Kier molecular flexibility index (Phi) is 6.70. The molecule has 4 nitrogen and oxygen atoms in total. The fraction of sp³-hybridized carbons (Fsp3) is 0.636. The van der Waals surface area contributed by atoms with Gasteiger partial charge in [0.15, 0.2) is 0 Å². The maximum Gasteiger partial charge on any atom is 0.227 e. The van der Waals surface area contributed by atoms with Crippen LogP contribution in [-0.4, -0.2) is 28.8 Å². The number of nitrogens with two attached hydrogens (primary N) is 1. The highest BCUT2D eigenvalue weighted by molar-refractivity contribution is 5.80. The van der Waals surface area contributed by atoms with Crippen LogP contribution in [0, 0.1) is 0 Å². The first kappa shape index (κ1) is 18.9. The van der Waals surface area contributed by atoms with E-state index in [4.69, 9.17) is 5.73 Å². The predicted molar refractivity (Wildman–Crippen MR) is 104 cm³/mol. The Morgan fingerprint density at radius 1 is 0.769 bits per heavy atom. The van der Waals surface area contributed by atoms with Crippen molar-refractivity contribution in [1.82, 2.24) is 4.90 Å². The smallest absolute Gasteiger partial charge is 0.227 e. The number of amides is 2. The molecule has 0 heterocycles. The summed E-state index contributed by atoms with van der Waals surface area (Å²) in [6, 6.07) is 8.64. The molecule has 0 bridgehead atoms. The largest absolute Gasteiger partial charge is 0.369 e. The summed E-state index contributed by atoms with van der Waals surface area (Å²) in [5.41, 5.74) is 7.18. The average molecular weight is 357 g/mol. The highest BCUT2D eigenvalue weighted by Crippen LogP contribution is 2.30. The fourth-order valence-corrected chi connectivity index (χ4v) is 4.67. The third kappa shape index (κ3) is 5.09. The van der Waals surface area contributed by atoms with E-state index in [1.54, 1.807) is 0 Å². The molecule has 0 saturated heterocycles. The van der Waals surface area contributed by atoms with E-state index in [0.717, 1.165) is 11.1 Å². The SMILES string of the molecule is NC(=O)Cc1ccc(CC(=O)N(C2CCCCC2)C2CCCCC2)cc1. The molecule has 26 heavy (non-hydrogen) atoms. The van der Waals surface area contributed by atoms with E-state index in [9.17, 15) is 9.59 Å². The lowest BCUT2D eigenvalue weighted by molar-refractivity contribution is -0.137. The van der Waals surface area contributed by atoms with Gasteiger partial charge in [-0.05, 0) is 36.8 Å². The molecule has 2 N–H and O–H groups in total. The number of carbonyl (C=O) groups is 2. The molecule has 1 aromatic rings. The van der Waals surface area contributed by atoms with Crippen molar-refractivity contribution in [2.75, 3.05) is 0 Å². The molecule has 2 aliphatic rings. The van der Waals surface area contributed by atoms with E-state index in [1.165, 1.54) is 64.2 Å². The summed E-state index contributed by atoms with van der Waals surface area (Å²) in [6.07, 6.45) is 13.0. The molecule has 0 atom stereocenters. The van der Waals surface area contributed by atoms with E-state index >= 15 is 0 Å². The van der Waals surface area contributed by atoms with Crippen LogP contribution in [0.15, 0.2) is 24.3 Å². The van der Waals surface area contributed by atoms with Gasteiger partial charge in [-0.1, -0.05) is 62.8 Å². The molecule has 2 fully saturated rings. The highest BCUT2D eigenvalue weighted by atomic mass is 16.2. The molecule has 142 valence electrons. The monoisotopic (exact) mass is 356 g/mol. The zero-order valence-electron chi connectivity index (χ0n) is 15.8. The van der Waals surface area contributed by atoms with Crippen molar-refractivity contribution >= 4 is 11.8 Å². The number of rotatable bonds is 6. The van der Waals surface area contributed by atoms with E-state index in [1.807, 2.05) is 24.3 Å². The number of benzene rings is 1. The molecule has 0 aromatic heterocycles. The Hall–Kier alpha value is -1.84. The van der Waals surface area contributed by atoms with E-state index < -0.39 is 0 Å². The van der Waals surface area contributed by atoms with E-state index in [-0.39, 0.29) is 18.2 Å². The second kappa shape index (κ2) is 9.20. The topological polar surface area (TPSA) is 63.4 Å². The van der Waals surface area contributed by atoms with E-state index in [0.29, 0.717) is 18.5 Å². The quantitative estimate of drug-likeness (QED) is 0.844. The molecule has 0 spiro atoms. The van der Waals surface area contributed by atoms with Crippen LogP contribution in [0.2, 0.25) is 0 Å². The Morgan fingerprint density at radius 3 is 1.62 bits per heavy atom. The number of hydrogen-bond donors (Lipinski definition) is 1. The number of primary amides is 1. The summed E-state index contributed by atoms with van der Waals surface area (Å²) in [5, 5.41) is 0. The molecule has 2 amide bonds. The summed E-state index contributed by atoms with van der Waals surface area (Å²) >= 11 is 0. The normalized spacial score (nSPS) is 19.2. The lowest BCUT2D eigenvalue weighted by atomic mass is 9.88. The van der Waals surface area contributed by atoms with Gasteiger partial charge in [0.05, 0.1) is 12.8 Å². The summed E-state index contributed by atoms with van der Waals surface area (Å²) in [4.78, 5) is 26.5. The first-order chi connectivity index (χ1) is 12.6. The molecule has 2 aliphatic carbocycles. The summed E-state index contributed by atoms with van der Waals surface area (Å²) in [5.74, 6) is -0.0407. The Balaban J connectivity index is 1.68. The van der Waals surface area contributed by atoms with Crippen LogP contribution in [0.3, 0.4) is 0 Å².